The molecular formula is C13H22Cl2N2O6. The molecule has 1 aliphatic rings. The highest BCUT2D eigenvalue weighted by Gasteiger charge is 2.17. The third-order valence-corrected chi connectivity index (χ3v) is 2.89. The number of rotatable bonds is 3. The summed E-state index contributed by atoms with van der Waals surface area (Å²) in [6, 6.07) is 5.28. The highest BCUT2D eigenvalue weighted by Crippen LogP contribution is 2.33. The van der Waals surface area contributed by atoms with E-state index >= 15 is 0 Å². The monoisotopic (exact) mass is 372 g/mol. The predicted octanol–water partition coefficient (Wildman–Crippen LogP) is 0.379. The van der Waals surface area contributed by atoms with Crippen LogP contribution in [0.3, 0.4) is 0 Å². The van der Waals surface area contributed by atoms with Crippen LogP contribution in [-0.2, 0) is 4.79 Å². The van der Waals surface area contributed by atoms with Crippen LogP contribution in [0.4, 0.5) is 0 Å². The molecule has 8 nitrogen and oxygen atoms in total. The summed E-state index contributed by atoms with van der Waals surface area (Å²) < 4.78 is 5.70. The lowest BCUT2D eigenvalue weighted by Gasteiger charge is -2.16. The van der Waals surface area contributed by atoms with E-state index in [1.807, 2.05) is 6.92 Å². The second-order valence-corrected chi connectivity index (χ2v) is 4.84. The van der Waals surface area contributed by atoms with Crippen molar-refractivity contribution in [3.8, 4) is 5.75 Å². The van der Waals surface area contributed by atoms with E-state index in [4.69, 9.17) is 37.8 Å². The molecule has 134 valence electrons. The van der Waals surface area contributed by atoms with Gasteiger partial charge in [0, 0.05) is 13.5 Å². The van der Waals surface area contributed by atoms with Crippen LogP contribution in [0, 0.1) is 0 Å². The van der Waals surface area contributed by atoms with Crippen LogP contribution in [0.2, 0.25) is 10.0 Å². The van der Waals surface area contributed by atoms with Crippen molar-refractivity contribution in [2.24, 2.45) is 4.99 Å². The molecule has 0 spiro atoms. The molecule has 1 atom stereocenters. The number of carboxylic acids is 1. The number of carbonyl (C=O) groups is 1. The van der Waals surface area contributed by atoms with Crippen molar-refractivity contribution < 1.29 is 31.1 Å². The van der Waals surface area contributed by atoms with E-state index in [1.54, 1.807) is 18.2 Å². The van der Waals surface area contributed by atoms with Gasteiger partial charge in [-0.2, -0.15) is 0 Å². The van der Waals surface area contributed by atoms with Crippen LogP contribution in [0.5, 0.6) is 5.75 Å². The normalized spacial score (nSPS) is 12.6. The molecule has 23 heavy (non-hydrogen) atoms. The molecule has 0 aromatic heterocycles. The summed E-state index contributed by atoms with van der Waals surface area (Å²) in [7, 11) is 0. The average Bonchev–Trinajstić information content (AvgIpc) is 2.87. The molecule has 0 saturated carbocycles. The van der Waals surface area contributed by atoms with Crippen molar-refractivity contribution in [3.63, 3.8) is 0 Å². The number of ether oxygens (including phenoxy) is 1. The van der Waals surface area contributed by atoms with E-state index in [-0.39, 0.29) is 22.5 Å². The van der Waals surface area contributed by atoms with Gasteiger partial charge in [0.1, 0.15) is 5.84 Å². The van der Waals surface area contributed by atoms with E-state index in [0.29, 0.717) is 15.8 Å². The van der Waals surface area contributed by atoms with Crippen LogP contribution in [0.25, 0.3) is 0 Å². The Labute approximate surface area is 144 Å². The Balaban J connectivity index is -0.000000517. The number of aliphatic imine (C=N–C) groups is 1. The Hall–Kier alpha value is -1.58. The summed E-state index contributed by atoms with van der Waals surface area (Å²) in [6.07, 6.45) is -0.167. The molecular weight excluding hydrogens is 351 g/mol. The zero-order chi connectivity index (χ0) is 15.1. The largest absolute Gasteiger partial charge is 0.481 e. The predicted molar refractivity (Wildman–Crippen MR) is 91.0 cm³/mol. The van der Waals surface area contributed by atoms with Gasteiger partial charge in [0.05, 0.1) is 16.6 Å². The third-order valence-electron chi connectivity index (χ3n) is 2.30. The lowest BCUT2D eigenvalue weighted by molar-refractivity contribution is -0.134. The Morgan fingerprint density at radius 3 is 2.17 bits per heavy atom. The van der Waals surface area contributed by atoms with Gasteiger partial charge in [-0.15, -0.1) is 0 Å². The molecule has 0 radical (unpaired) electrons. The van der Waals surface area contributed by atoms with E-state index in [1.165, 1.54) is 0 Å². The first-order chi connectivity index (χ1) is 9.41. The Kier molecular flexibility index (Phi) is 14.8. The van der Waals surface area contributed by atoms with Crippen LogP contribution < -0.4 is 10.1 Å². The second kappa shape index (κ2) is 12.9. The molecule has 1 aliphatic heterocycles. The Morgan fingerprint density at radius 1 is 1.30 bits per heavy atom. The molecule has 1 heterocycles. The van der Waals surface area contributed by atoms with Crippen molar-refractivity contribution in [2.75, 3.05) is 13.1 Å². The molecule has 8 N–H and O–H groups in total. The van der Waals surface area contributed by atoms with E-state index < -0.39 is 5.97 Å². The molecule has 1 aromatic rings. The van der Waals surface area contributed by atoms with Crippen molar-refractivity contribution >= 4 is 35.0 Å². The number of nitrogens with zero attached hydrogens (tertiary/aromatic N) is 1. The van der Waals surface area contributed by atoms with Gasteiger partial charge in [-0.1, -0.05) is 29.3 Å². The maximum absolute atomic E-state index is 9.00. The second-order valence-electron chi connectivity index (χ2n) is 4.02. The first-order valence-electron chi connectivity index (χ1n) is 6.00. The van der Waals surface area contributed by atoms with E-state index in [2.05, 4.69) is 10.3 Å². The highest BCUT2D eigenvalue weighted by atomic mass is 35.5. The number of hydrogen-bond acceptors (Lipinski definition) is 4. The average molecular weight is 373 g/mol. The smallest absolute Gasteiger partial charge is 0.300 e. The summed E-state index contributed by atoms with van der Waals surface area (Å²) in [5, 5.41) is 11.6. The summed E-state index contributed by atoms with van der Waals surface area (Å²) in [5.41, 5.74) is 0. The van der Waals surface area contributed by atoms with Crippen molar-refractivity contribution in [3.05, 3.63) is 28.2 Å². The standard InChI is InChI=1S/C11H12Cl2N2O.C2H4O2.3H2O/c1-7(11-14-5-6-15-11)16-10-8(12)3-2-4-9(10)13;1-2(3)4;;;/h2-4,7H,5-6H2,1H3,(H,14,15);1H3,(H,3,4);3*1H2. The van der Waals surface area contributed by atoms with E-state index in [9.17, 15) is 0 Å². The molecule has 0 aliphatic carbocycles. The molecule has 10 heteroatoms. The third kappa shape index (κ3) is 9.22. The van der Waals surface area contributed by atoms with Crippen molar-refractivity contribution in [2.45, 2.75) is 20.0 Å². The number of amidine groups is 1. The van der Waals surface area contributed by atoms with Gasteiger partial charge in [0.25, 0.3) is 5.97 Å². The van der Waals surface area contributed by atoms with Crippen LogP contribution in [0.15, 0.2) is 23.2 Å². The molecule has 0 amide bonds. The van der Waals surface area contributed by atoms with Crippen molar-refractivity contribution in [1.29, 1.82) is 0 Å². The van der Waals surface area contributed by atoms with Crippen LogP contribution >= 0.6 is 23.2 Å². The van der Waals surface area contributed by atoms with Crippen LogP contribution in [0.1, 0.15) is 13.8 Å². The van der Waals surface area contributed by atoms with Gasteiger partial charge < -0.3 is 31.6 Å². The molecule has 0 fully saturated rings. The van der Waals surface area contributed by atoms with Gasteiger partial charge in [0.15, 0.2) is 11.9 Å². The van der Waals surface area contributed by atoms with Gasteiger partial charge in [0.2, 0.25) is 0 Å². The Morgan fingerprint density at radius 2 is 1.78 bits per heavy atom. The maximum Gasteiger partial charge on any atom is 0.300 e. The van der Waals surface area contributed by atoms with Gasteiger partial charge in [-0.05, 0) is 19.1 Å². The van der Waals surface area contributed by atoms with Crippen molar-refractivity contribution in [1.82, 2.24) is 5.32 Å². The maximum atomic E-state index is 9.00. The minimum absolute atomic E-state index is 0. The zero-order valence-electron chi connectivity index (χ0n) is 12.7. The fourth-order valence-corrected chi connectivity index (χ4v) is 2.00. The molecule has 2 rings (SSSR count). The number of carboxylic acid groups (broad SMARTS) is 1. The summed E-state index contributed by atoms with van der Waals surface area (Å²) in [5.74, 6) is 0.519. The number of aliphatic carboxylic acids is 1. The van der Waals surface area contributed by atoms with Gasteiger partial charge >= 0.3 is 0 Å². The Bertz CT molecular complexity index is 489. The summed E-state index contributed by atoms with van der Waals surface area (Å²) in [4.78, 5) is 13.3. The lowest BCUT2D eigenvalue weighted by atomic mass is 10.3. The zero-order valence-corrected chi connectivity index (χ0v) is 14.2. The van der Waals surface area contributed by atoms with E-state index in [0.717, 1.165) is 25.8 Å². The minimum atomic E-state index is -0.833. The topological polar surface area (TPSA) is 165 Å². The quantitative estimate of drug-likeness (QED) is 0.782. The SMILES string of the molecule is CC(=O)O.CC(Oc1c(Cl)cccc1Cl)C1=NCCN1.O.O.O. The molecule has 0 bridgehead atoms. The number of nitrogens with one attached hydrogen (secondary N) is 1. The molecule has 1 aromatic carbocycles. The fraction of sp³-hybridized carbons (Fsp3) is 0.385. The first kappa shape index (κ1) is 26.3. The number of halogens is 2. The molecule has 0 saturated heterocycles. The van der Waals surface area contributed by atoms with Gasteiger partial charge in [-0.3, -0.25) is 9.79 Å². The van der Waals surface area contributed by atoms with Gasteiger partial charge in [-0.25, -0.2) is 0 Å². The fourth-order valence-electron chi connectivity index (χ4n) is 1.52. The lowest BCUT2D eigenvalue weighted by Crippen LogP contribution is -2.33. The minimum Gasteiger partial charge on any atom is -0.481 e. The highest BCUT2D eigenvalue weighted by molar-refractivity contribution is 6.37. The first-order valence-corrected chi connectivity index (χ1v) is 6.75. The number of benzene rings is 1. The van der Waals surface area contributed by atoms with Crippen LogP contribution in [-0.4, -0.2) is 52.5 Å². The summed E-state index contributed by atoms with van der Waals surface area (Å²) >= 11 is 12.0. The molecule has 1 unspecified atom stereocenters. The number of hydrogen-bond donors (Lipinski definition) is 2. The summed E-state index contributed by atoms with van der Waals surface area (Å²) in [6.45, 7) is 4.65. The number of para-hydroxylation sites is 1.